The largest absolute Gasteiger partial charge is 0.500 e. The van der Waals surface area contributed by atoms with E-state index >= 15 is 0 Å². The number of hydrogen-bond donors (Lipinski definition) is 2. The Labute approximate surface area is 161 Å². The van der Waals surface area contributed by atoms with Gasteiger partial charge >= 0.3 is 5.69 Å². The number of nitrogens with zero attached hydrogens (tertiary/aromatic N) is 2. The summed E-state index contributed by atoms with van der Waals surface area (Å²) in [6.07, 6.45) is 1.20. The zero-order chi connectivity index (χ0) is 20.7. The van der Waals surface area contributed by atoms with Crippen molar-refractivity contribution < 1.29 is 24.3 Å². The normalized spacial score (nSPS) is 10.9. The van der Waals surface area contributed by atoms with Crippen LogP contribution in [-0.2, 0) is 4.79 Å². The van der Waals surface area contributed by atoms with Gasteiger partial charge in [0, 0.05) is 11.6 Å². The number of phenolic OH excluding ortho intramolecular Hbond substituents is 1. The lowest BCUT2D eigenvalue weighted by Crippen LogP contribution is -2.24. The molecule has 0 aliphatic heterocycles. The molecule has 0 unspecified atom stereocenters. The van der Waals surface area contributed by atoms with E-state index in [2.05, 4.69) is 24.4 Å². The van der Waals surface area contributed by atoms with E-state index in [-0.39, 0.29) is 17.9 Å². The Hall–Kier alpha value is -3.62. The van der Waals surface area contributed by atoms with Gasteiger partial charge in [0.15, 0.2) is 12.4 Å². The van der Waals surface area contributed by atoms with E-state index in [4.69, 9.17) is 9.47 Å². The number of carbonyl (C=O) groups excluding carboxylic acids is 1. The first-order valence-electron chi connectivity index (χ1n) is 8.42. The van der Waals surface area contributed by atoms with Gasteiger partial charge in [-0.15, -0.1) is 0 Å². The molecule has 0 aromatic heterocycles. The lowest BCUT2D eigenvalue weighted by Gasteiger charge is -2.08. The summed E-state index contributed by atoms with van der Waals surface area (Å²) < 4.78 is 10.3. The monoisotopic (exact) mass is 387 g/mol. The molecular formula is C19H21N3O6. The van der Waals surface area contributed by atoms with Gasteiger partial charge in [0.1, 0.15) is 5.75 Å². The van der Waals surface area contributed by atoms with Crippen molar-refractivity contribution in [2.24, 2.45) is 5.10 Å². The van der Waals surface area contributed by atoms with Crippen LogP contribution in [0.3, 0.4) is 0 Å². The minimum Gasteiger partial charge on any atom is -0.500 e. The number of hydrogen-bond acceptors (Lipinski definition) is 7. The van der Waals surface area contributed by atoms with E-state index < -0.39 is 22.3 Å². The molecule has 0 bridgehead atoms. The molecule has 0 fully saturated rings. The van der Waals surface area contributed by atoms with Crippen LogP contribution in [0.15, 0.2) is 41.5 Å². The fraction of sp³-hybridized carbons (Fsp3) is 0.263. The number of methoxy groups -OCH3 is 1. The molecule has 0 saturated carbocycles. The number of ether oxygens (including phenoxy) is 2. The van der Waals surface area contributed by atoms with E-state index in [1.54, 1.807) is 12.1 Å². The van der Waals surface area contributed by atoms with E-state index in [1.165, 1.54) is 25.0 Å². The number of nitrogens with one attached hydrogen (secondary N) is 1. The molecule has 2 aromatic carbocycles. The minimum absolute atomic E-state index is 0.0739. The third-order valence-electron chi connectivity index (χ3n) is 3.81. The van der Waals surface area contributed by atoms with Gasteiger partial charge in [-0.1, -0.05) is 26.0 Å². The van der Waals surface area contributed by atoms with Crippen molar-refractivity contribution in [3.8, 4) is 17.2 Å². The van der Waals surface area contributed by atoms with Crippen LogP contribution in [0.4, 0.5) is 5.69 Å². The maximum atomic E-state index is 11.8. The number of amides is 1. The van der Waals surface area contributed by atoms with Gasteiger partial charge in [-0.3, -0.25) is 14.9 Å². The second-order valence-electron chi connectivity index (χ2n) is 6.15. The molecule has 9 heteroatoms. The lowest BCUT2D eigenvalue weighted by molar-refractivity contribution is -0.386. The highest BCUT2D eigenvalue weighted by Gasteiger charge is 2.19. The molecule has 0 radical (unpaired) electrons. The number of carbonyl (C=O) groups is 1. The molecule has 2 aromatic rings. The first-order valence-corrected chi connectivity index (χ1v) is 8.42. The molecule has 0 atom stereocenters. The van der Waals surface area contributed by atoms with Gasteiger partial charge in [-0.2, -0.15) is 5.10 Å². The second kappa shape index (κ2) is 9.36. The summed E-state index contributed by atoms with van der Waals surface area (Å²) in [5, 5.41) is 24.4. The highest BCUT2D eigenvalue weighted by Crippen LogP contribution is 2.36. The predicted octanol–water partition coefficient (Wildman–Crippen LogP) is 2.96. The van der Waals surface area contributed by atoms with Crippen molar-refractivity contribution in [3.05, 3.63) is 57.6 Å². The van der Waals surface area contributed by atoms with Crippen LogP contribution in [0.25, 0.3) is 0 Å². The Morgan fingerprint density at radius 1 is 1.32 bits per heavy atom. The maximum absolute atomic E-state index is 11.8. The Kier molecular flexibility index (Phi) is 6.91. The smallest absolute Gasteiger partial charge is 0.315 e. The first-order chi connectivity index (χ1) is 13.3. The number of nitro benzene ring substituents is 1. The zero-order valence-electron chi connectivity index (χ0n) is 15.7. The Bertz CT molecular complexity index is 878. The van der Waals surface area contributed by atoms with Crippen LogP contribution >= 0.6 is 0 Å². The van der Waals surface area contributed by atoms with Gasteiger partial charge in [-0.05, 0) is 29.7 Å². The zero-order valence-corrected chi connectivity index (χ0v) is 15.7. The summed E-state index contributed by atoms with van der Waals surface area (Å²) in [6, 6.07) is 9.90. The van der Waals surface area contributed by atoms with Crippen molar-refractivity contribution in [1.82, 2.24) is 5.43 Å². The van der Waals surface area contributed by atoms with E-state index in [1.807, 2.05) is 12.1 Å². The molecule has 0 aliphatic carbocycles. The van der Waals surface area contributed by atoms with Gasteiger partial charge in [0.25, 0.3) is 5.91 Å². The molecule has 148 valence electrons. The van der Waals surface area contributed by atoms with E-state index in [9.17, 15) is 20.0 Å². The van der Waals surface area contributed by atoms with Crippen molar-refractivity contribution in [2.45, 2.75) is 19.8 Å². The summed E-state index contributed by atoms with van der Waals surface area (Å²) in [7, 11) is 1.27. The summed E-state index contributed by atoms with van der Waals surface area (Å²) in [4.78, 5) is 22.0. The first kappa shape index (κ1) is 20.7. The van der Waals surface area contributed by atoms with Crippen molar-refractivity contribution >= 4 is 17.8 Å². The standard InChI is InChI=1S/C19H21N3O6/c1-12(2)14-4-6-15(7-5-14)28-11-18(23)21-20-10-13-8-16(22(25)26)19(24)17(9-13)27-3/h4-10,12,24H,11H2,1-3H3,(H,21,23)/b20-10+. The summed E-state index contributed by atoms with van der Waals surface area (Å²) in [6.45, 7) is 3.93. The lowest BCUT2D eigenvalue weighted by atomic mass is 10.0. The third kappa shape index (κ3) is 5.44. The van der Waals surface area contributed by atoms with Crippen molar-refractivity contribution in [1.29, 1.82) is 0 Å². The number of aromatic hydroxyl groups is 1. The number of rotatable bonds is 8. The molecule has 0 saturated heterocycles. The van der Waals surface area contributed by atoms with Crippen molar-refractivity contribution in [2.75, 3.05) is 13.7 Å². The average Bonchev–Trinajstić information content (AvgIpc) is 2.67. The molecule has 9 nitrogen and oxygen atoms in total. The second-order valence-corrected chi connectivity index (χ2v) is 6.15. The SMILES string of the molecule is COc1cc(/C=N/NC(=O)COc2ccc(C(C)C)cc2)cc([N+](=O)[O-])c1O. The number of nitro groups is 1. The Morgan fingerprint density at radius 2 is 2.00 bits per heavy atom. The van der Waals surface area contributed by atoms with Crippen LogP contribution in [0, 0.1) is 10.1 Å². The van der Waals surface area contributed by atoms with Gasteiger partial charge in [0.05, 0.1) is 18.2 Å². The van der Waals surface area contributed by atoms with Gasteiger partial charge in [-0.25, -0.2) is 5.43 Å². The quantitative estimate of drug-likeness (QED) is 0.408. The van der Waals surface area contributed by atoms with Crippen LogP contribution < -0.4 is 14.9 Å². The molecule has 0 aliphatic rings. The molecular weight excluding hydrogens is 366 g/mol. The summed E-state index contributed by atoms with van der Waals surface area (Å²) in [5.74, 6) is -0.186. The maximum Gasteiger partial charge on any atom is 0.315 e. The summed E-state index contributed by atoms with van der Waals surface area (Å²) >= 11 is 0. The third-order valence-corrected chi connectivity index (χ3v) is 3.81. The van der Waals surface area contributed by atoms with Crippen LogP contribution in [-0.4, -0.2) is 35.9 Å². The van der Waals surface area contributed by atoms with E-state index in [0.717, 1.165) is 6.07 Å². The molecule has 0 heterocycles. The fourth-order valence-corrected chi connectivity index (χ4v) is 2.29. The topological polar surface area (TPSA) is 123 Å². The number of benzene rings is 2. The van der Waals surface area contributed by atoms with Crippen molar-refractivity contribution in [3.63, 3.8) is 0 Å². The highest BCUT2D eigenvalue weighted by molar-refractivity contribution is 5.85. The predicted molar refractivity (Wildman–Crippen MR) is 103 cm³/mol. The fourth-order valence-electron chi connectivity index (χ4n) is 2.29. The Morgan fingerprint density at radius 3 is 2.57 bits per heavy atom. The van der Waals surface area contributed by atoms with Crippen LogP contribution in [0.2, 0.25) is 0 Å². The molecule has 2 rings (SSSR count). The molecule has 2 N–H and O–H groups in total. The summed E-state index contributed by atoms with van der Waals surface area (Å²) in [5.41, 5.74) is 3.17. The Balaban J connectivity index is 1.94. The average molecular weight is 387 g/mol. The number of hydrazone groups is 1. The molecule has 1 amide bonds. The molecule has 0 spiro atoms. The van der Waals surface area contributed by atoms with Gasteiger partial charge in [0.2, 0.25) is 5.75 Å². The van der Waals surface area contributed by atoms with Crippen LogP contribution in [0.5, 0.6) is 17.2 Å². The van der Waals surface area contributed by atoms with Crippen LogP contribution in [0.1, 0.15) is 30.9 Å². The van der Waals surface area contributed by atoms with Gasteiger partial charge < -0.3 is 14.6 Å². The van der Waals surface area contributed by atoms with E-state index in [0.29, 0.717) is 11.7 Å². The number of phenols is 1. The minimum atomic E-state index is -0.744. The molecule has 28 heavy (non-hydrogen) atoms. The highest BCUT2D eigenvalue weighted by atomic mass is 16.6.